The lowest BCUT2D eigenvalue weighted by molar-refractivity contribution is -0.0102. The Morgan fingerprint density at radius 1 is 1.11 bits per heavy atom. The van der Waals surface area contributed by atoms with Gasteiger partial charge >= 0.3 is 0 Å². The van der Waals surface area contributed by atoms with Crippen molar-refractivity contribution < 1.29 is 5.11 Å². The van der Waals surface area contributed by atoms with Gasteiger partial charge in [-0.15, -0.1) is 0 Å². The molecular weight excluding hydrogens is 236 g/mol. The molecule has 3 heterocycles. The van der Waals surface area contributed by atoms with E-state index in [-0.39, 0.29) is 0 Å². The van der Waals surface area contributed by atoms with Crippen LogP contribution in [0.4, 0.5) is 0 Å². The number of aromatic nitrogens is 1. The third kappa shape index (κ3) is 1.77. The second kappa shape index (κ2) is 4.02. The molecule has 2 saturated heterocycles. The number of aliphatic hydroxyl groups is 1. The van der Waals surface area contributed by atoms with Crippen molar-refractivity contribution in [3.8, 4) is 0 Å². The van der Waals surface area contributed by atoms with E-state index in [0.29, 0.717) is 12.1 Å². The number of hydrogen-bond acceptors (Lipinski definition) is 3. The molecule has 2 unspecified atom stereocenters. The van der Waals surface area contributed by atoms with Gasteiger partial charge in [-0.2, -0.15) is 0 Å². The standard InChI is InChI=1S/C16H18N2O/c19-16(9-12-6-7-13(10-16)18-12)14-5-1-3-11-4-2-8-17-15(11)14/h1-5,8,12-13,18-19H,6-7,9-10H2. The maximum absolute atomic E-state index is 11.1. The first-order chi connectivity index (χ1) is 9.24. The lowest BCUT2D eigenvalue weighted by Crippen LogP contribution is -2.46. The van der Waals surface area contributed by atoms with Gasteiger partial charge in [-0.3, -0.25) is 4.98 Å². The van der Waals surface area contributed by atoms with Crippen LogP contribution >= 0.6 is 0 Å². The Labute approximate surface area is 112 Å². The van der Waals surface area contributed by atoms with E-state index in [1.807, 2.05) is 24.4 Å². The van der Waals surface area contributed by atoms with Gasteiger partial charge in [0, 0.05) is 29.2 Å². The molecule has 3 nitrogen and oxygen atoms in total. The topological polar surface area (TPSA) is 45.2 Å². The highest BCUT2D eigenvalue weighted by Gasteiger charge is 2.44. The molecule has 0 amide bonds. The fourth-order valence-corrected chi connectivity index (χ4v) is 3.82. The molecular formula is C16H18N2O. The first-order valence-corrected chi connectivity index (χ1v) is 7.07. The summed E-state index contributed by atoms with van der Waals surface area (Å²) in [4.78, 5) is 4.49. The number of hydrogen-bond donors (Lipinski definition) is 2. The van der Waals surface area contributed by atoms with Crippen molar-refractivity contribution in [1.29, 1.82) is 0 Å². The first kappa shape index (κ1) is 11.4. The maximum atomic E-state index is 11.1. The zero-order valence-corrected chi connectivity index (χ0v) is 10.8. The summed E-state index contributed by atoms with van der Waals surface area (Å²) in [5.74, 6) is 0. The molecule has 0 spiro atoms. The van der Waals surface area contributed by atoms with Crippen LogP contribution in [-0.2, 0) is 5.60 Å². The summed E-state index contributed by atoms with van der Waals surface area (Å²) in [6.07, 6.45) is 5.79. The van der Waals surface area contributed by atoms with Crippen LogP contribution in [0.1, 0.15) is 31.2 Å². The summed E-state index contributed by atoms with van der Waals surface area (Å²) in [6, 6.07) is 11.1. The summed E-state index contributed by atoms with van der Waals surface area (Å²) in [6.45, 7) is 0. The fraction of sp³-hybridized carbons (Fsp3) is 0.438. The van der Waals surface area contributed by atoms with Crippen molar-refractivity contribution in [2.24, 2.45) is 0 Å². The Balaban J connectivity index is 1.85. The summed E-state index contributed by atoms with van der Waals surface area (Å²) in [5, 5.41) is 15.8. The average Bonchev–Trinajstić information content (AvgIpc) is 2.78. The van der Waals surface area contributed by atoms with Gasteiger partial charge in [0.2, 0.25) is 0 Å². The highest BCUT2D eigenvalue weighted by atomic mass is 16.3. The molecule has 0 aliphatic carbocycles. The second-order valence-corrected chi connectivity index (χ2v) is 5.96. The normalized spacial score (nSPS) is 33.7. The largest absolute Gasteiger partial charge is 0.385 e. The molecule has 2 aliphatic rings. The van der Waals surface area contributed by atoms with Crippen molar-refractivity contribution in [3.63, 3.8) is 0 Å². The Hall–Kier alpha value is -1.45. The third-order valence-electron chi connectivity index (χ3n) is 4.64. The van der Waals surface area contributed by atoms with Gasteiger partial charge in [0.1, 0.15) is 0 Å². The molecule has 1 aromatic carbocycles. The minimum atomic E-state index is -0.717. The Bertz CT molecular complexity index is 608. The van der Waals surface area contributed by atoms with Crippen LogP contribution in [0.5, 0.6) is 0 Å². The molecule has 19 heavy (non-hydrogen) atoms. The number of benzene rings is 1. The van der Waals surface area contributed by atoms with Gasteiger partial charge in [0.05, 0.1) is 11.1 Å². The van der Waals surface area contributed by atoms with Crippen molar-refractivity contribution in [3.05, 3.63) is 42.1 Å². The molecule has 2 aliphatic heterocycles. The Kier molecular flexibility index (Phi) is 2.41. The smallest absolute Gasteiger partial charge is 0.0947 e. The molecule has 4 rings (SSSR count). The van der Waals surface area contributed by atoms with Gasteiger partial charge in [-0.1, -0.05) is 24.3 Å². The van der Waals surface area contributed by atoms with E-state index in [1.54, 1.807) is 0 Å². The zero-order chi connectivity index (χ0) is 12.9. The van der Waals surface area contributed by atoms with Crippen LogP contribution in [0.3, 0.4) is 0 Å². The van der Waals surface area contributed by atoms with Gasteiger partial charge in [-0.05, 0) is 31.7 Å². The van der Waals surface area contributed by atoms with E-state index in [2.05, 4.69) is 22.4 Å². The minimum Gasteiger partial charge on any atom is -0.385 e. The fourth-order valence-electron chi connectivity index (χ4n) is 3.82. The van der Waals surface area contributed by atoms with Crippen molar-refractivity contribution >= 4 is 10.9 Å². The summed E-state index contributed by atoms with van der Waals surface area (Å²) < 4.78 is 0. The van der Waals surface area contributed by atoms with E-state index < -0.39 is 5.60 Å². The molecule has 2 atom stereocenters. The number of piperidine rings is 1. The quantitative estimate of drug-likeness (QED) is 0.821. The SMILES string of the molecule is OC1(c2cccc3cccnc23)CC2CCC(C1)N2. The van der Waals surface area contributed by atoms with Crippen molar-refractivity contribution in [2.45, 2.75) is 43.4 Å². The highest BCUT2D eigenvalue weighted by molar-refractivity contribution is 5.82. The van der Waals surface area contributed by atoms with Crippen LogP contribution < -0.4 is 5.32 Å². The molecule has 1 aromatic heterocycles. The Morgan fingerprint density at radius 3 is 2.63 bits per heavy atom. The van der Waals surface area contributed by atoms with Crippen molar-refractivity contribution in [1.82, 2.24) is 10.3 Å². The van der Waals surface area contributed by atoms with Crippen LogP contribution in [0.25, 0.3) is 10.9 Å². The number of pyridine rings is 1. The molecule has 0 radical (unpaired) electrons. The van der Waals surface area contributed by atoms with E-state index in [4.69, 9.17) is 0 Å². The van der Waals surface area contributed by atoms with Gasteiger partial charge in [0.25, 0.3) is 0 Å². The summed E-state index contributed by atoms with van der Waals surface area (Å²) in [7, 11) is 0. The second-order valence-electron chi connectivity index (χ2n) is 5.96. The molecule has 0 saturated carbocycles. The molecule has 2 N–H and O–H groups in total. The monoisotopic (exact) mass is 254 g/mol. The molecule has 2 bridgehead atoms. The van der Waals surface area contributed by atoms with Gasteiger partial charge < -0.3 is 10.4 Å². The molecule has 98 valence electrons. The molecule has 2 fully saturated rings. The van der Waals surface area contributed by atoms with E-state index in [1.165, 1.54) is 12.8 Å². The van der Waals surface area contributed by atoms with Crippen LogP contribution in [0.2, 0.25) is 0 Å². The number of nitrogens with one attached hydrogen (secondary N) is 1. The van der Waals surface area contributed by atoms with Crippen LogP contribution in [-0.4, -0.2) is 22.2 Å². The first-order valence-electron chi connectivity index (χ1n) is 7.07. The maximum Gasteiger partial charge on any atom is 0.0947 e. The number of rotatable bonds is 1. The highest BCUT2D eigenvalue weighted by Crippen LogP contribution is 2.42. The third-order valence-corrected chi connectivity index (χ3v) is 4.64. The molecule has 3 heteroatoms. The molecule has 2 aromatic rings. The number of fused-ring (bicyclic) bond motifs is 3. The van der Waals surface area contributed by atoms with Crippen LogP contribution in [0.15, 0.2) is 36.5 Å². The predicted octanol–water partition coefficient (Wildman–Crippen LogP) is 2.34. The average molecular weight is 254 g/mol. The lowest BCUT2D eigenvalue weighted by Gasteiger charge is -2.37. The van der Waals surface area contributed by atoms with Crippen LogP contribution in [0, 0.1) is 0 Å². The number of nitrogens with zero attached hydrogens (tertiary/aromatic N) is 1. The Morgan fingerprint density at radius 2 is 1.84 bits per heavy atom. The van der Waals surface area contributed by atoms with E-state index in [0.717, 1.165) is 29.3 Å². The predicted molar refractivity (Wildman–Crippen MR) is 74.8 cm³/mol. The van der Waals surface area contributed by atoms with E-state index >= 15 is 0 Å². The van der Waals surface area contributed by atoms with Gasteiger partial charge in [0.15, 0.2) is 0 Å². The van der Waals surface area contributed by atoms with Gasteiger partial charge in [-0.25, -0.2) is 0 Å². The van der Waals surface area contributed by atoms with Crippen molar-refractivity contribution in [2.75, 3.05) is 0 Å². The number of para-hydroxylation sites is 1. The zero-order valence-electron chi connectivity index (χ0n) is 10.8. The lowest BCUT2D eigenvalue weighted by atomic mass is 9.80. The van der Waals surface area contributed by atoms with E-state index in [9.17, 15) is 5.11 Å². The minimum absolute atomic E-state index is 0.461. The summed E-state index contributed by atoms with van der Waals surface area (Å²) >= 11 is 0. The summed E-state index contributed by atoms with van der Waals surface area (Å²) in [5.41, 5.74) is 1.24.